The molecule has 1 saturated carbocycles. The van der Waals surface area contributed by atoms with Crippen molar-refractivity contribution >= 4 is 0 Å². The van der Waals surface area contributed by atoms with Gasteiger partial charge in [0, 0.05) is 12.5 Å². The zero-order valence-corrected chi connectivity index (χ0v) is 9.58. The molecule has 0 spiro atoms. The third-order valence-electron chi connectivity index (χ3n) is 3.00. The number of aromatic nitrogens is 5. The molecule has 17 heavy (non-hydrogen) atoms. The molecule has 2 aromatic rings. The van der Waals surface area contributed by atoms with Crippen LogP contribution in [0.1, 0.15) is 25.1 Å². The van der Waals surface area contributed by atoms with E-state index >= 15 is 0 Å². The number of hydrogen-bond donors (Lipinski definition) is 1. The van der Waals surface area contributed by atoms with Crippen LogP contribution in [0.15, 0.2) is 10.7 Å². The third kappa shape index (κ3) is 1.93. The van der Waals surface area contributed by atoms with Gasteiger partial charge >= 0.3 is 0 Å². The molecule has 0 saturated heterocycles. The normalized spacial score (nSPS) is 22.9. The van der Waals surface area contributed by atoms with Crippen LogP contribution in [0.2, 0.25) is 0 Å². The van der Waals surface area contributed by atoms with Crippen molar-refractivity contribution in [2.24, 2.45) is 11.7 Å². The number of rotatable bonds is 4. The lowest BCUT2D eigenvalue weighted by atomic mass is 10.3. The Balaban J connectivity index is 1.80. The van der Waals surface area contributed by atoms with Gasteiger partial charge in [-0.15, -0.1) is 5.10 Å². The molecule has 0 aliphatic heterocycles. The monoisotopic (exact) mass is 234 g/mol. The average molecular weight is 234 g/mol. The maximum absolute atomic E-state index is 5.44. The summed E-state index contributed by atoms with van der Waals surface area (Å²) in [6, 6.07) is 0. The molecule has 2 aromatic heterocycles. The Kier molecular flexibility index (Phi) is 2.40. The minimum Gasteiger partial charge on any atom is -0.332 e. The maximum atomic E-state index is 5.44. The summed E-state index contributed by atoms with van der Waals surface area (Å²) in [5.74, 6) is 2.32. The molecule has 7 heteroatoms. The molecule has 90 valence electrons. The Morgan fingerprint density at radius 2 is 2.41 bits per heavy atom. The van der Waals surface area contributed by atoms with E-state index in [0.717, 1.165) is 12.2 Å². The van der Waals surface area contributed by atoms with Gasteiger partial charge in [-0.1, -0.05) is 17.3 Å². The molecular formula is C10H14N6O. The van der Waals surface area contributed by atoms with Crippen molar-refractivity contribution in [1.29, 1.82) is 0 Å². The third-order valence-corrected chi connectivity index (χ3v) is 3.00. The summed E-state index contributed by atoms with van der Waals surface area (Å²) in [7, 11) is 0. The van der Waals surface area contributed by atoms with Gasteiger partial charge in [-0.25, -0.2) is 0 Å². The molecular weight excluding hydrogens is 220 g/mol. The molecule has 1 aliphatic carbocycles. The minimum atomic E-state index is 0.433. The molecule has 2 unspecified atom stereocenters. The molecule has 1 aliphatic rings. The molecule has 2 atom stereocenters. The van der Waals surface area contributed by atoms with E-state index < -0.39 is 0 Å². The fourth-order valence-corrected chi connectivity index (χ4v) is 1.81. The van der Waals surface area contributed by atoms with Crippen LogP contribution in [0.25, 0.3) is 11.6 Å². The summed E-state index contributed by atoms with van der Waals surface area (Å²) >= 11 is 0. The first-order valence-corrected chi connectivity index (χ1v) is 5.72. The number of nitrogens with two attached hydrogens (primary N) is 1. The van der Waals surface area contributed by atoms with Gasteiger partial charge in [-0.2, -0.15) is 4.98 Å². The smallest absolute Gasteiger partial charge is 0.280 e. The van der Waals surface area contributed by atoms with Gasteiger partial charge in [0.25, 0.3) is 5.89 Å². The Bertz CT molecular complexity index is 518. The van der Waals surface area contributed by atoms with Crippen LogP contribution in [-0.2, 0) is 6.54 Å². The first-order chi connectivity index (χ1) is 8.28. The van der Waals surface area contributed by atoms with Crippen molar-refractivity contribution in [3.05, 3.63) is 12.0 Å². The van der Waals surface area contributed by atoms with Crippen LogP contribution in [0.4, 0.5) is 0 Å². The van der Waals surface area contributed by atoms with Crippen LogP contribution < -0.4 is 5.73 Å². The molecule has 0 aromatic carbocycles. The van der Waals surface area contributed by atoms with Crippen LogP contribution in [0.3, 0.4) is 0 Å². The van der Waals surface area contributed by atoms with Crippen LogP contribution in [0, 0.1) is 5.92 Å². The second-order valence-electron chi connectivity index (χ2n) is 4.43. The second kappa shape index (κ2) is 3.92. The highest BCUT2D eigenvalue weighted by molar-refractivity contribution is 5.43. The van der Waals surface area contributed by atoms with Crippen LogP contribution in [0.5, 0.6) is 0 Å². The SMILES string of the molecule is CC1CC1c1noc(-c2cn(CCN)nn2)n1. The van der Waals surface area contributed by atoms with Gasteiger partial charge < -0.3 is 10.3 Å². The van der Waals surface area contributed by atoms with Gasteiger partial charge in [-0.05, 0) is 12.3 Å². The number of hydrogen-bond acceptors (Lipinski definition) is 6. The summed E-state index contributed by atoms with van der Waals surface area (Å²) < 4.78 is 6.85. The Labute approximate surface area is 98.0 Å². The lowest BCUT2D eigenvalue weighted by Crippen LogP contribution is -2.10. The quantitative estimate of drug-likeness (QED) is 0.823. The summed E-state index contributed by atoms with van der Waals surface area (Å²) in [5, 5.41) is 11.9. The average Bonchev–Trinajstić information content (AvgIpc) is 2.77. The fraction of sp³-hybridized carbons (Fsp3) is 0.600. The van der Waals surface area contributed by atoms with E-state index in [9.17, 15) is 0 Å². The highest BCUT2D eigenvalue weighted by atomic mass is 16.5. The van der Waals surface area contributed by atoms with E-state index in [1.807, 2.05) is 0 Å². The van der Waals surface area contributed by atoms with Crippen molar-refractivity contribution in [2.75, 3.05) is 6.54 Å². The van der Waals surface area contributed by atoms with Gasteiger partial charge in [-0.3, -0.25) is 4.68 Å². The van der Waals surface area contributed by atoms with E-state index in [1.54, 1.807) is 10.9 Å². The van der Waals surface area contributed by atoms with Gasteiger partial charge in [0.05, 0.1) is 12.7 Å². The van der Waals surface area contributed by atoms with Crippen molar-refractivity contribution < 1.29 is 4.52 Å². The standard InChI is InChI=1S/C10H14N6O/c1-6-4-7(6)9-12-10(17-14-9)8-5-16(3-2-11)15-13-8/h5-7H,2-4,11H2,1H3. The fourth-order valence-electron chi connectivity index (χ4n) is 1.81. The first-order valence-electron chi connectivity index (χ1n) is 5.72. The predicted molar refractivity (Wildman–Crippen MR) is 58.9 cm³/mol. The van der Waals surface area contributed by atoms with Crippen molar-refractivity contribution in [3.8, 4) is 11.6 Å². The van der Waals surface area contributed by atoms with Crippen molar-refractivity contribution in [3.63, 3.8) is 0 Å². The van der Waals surface area contributed by atoms with E-state index in [4.69, 9.17) is 10.3 Å². The molecule has 7 nitrogen and oxygen atoms in total. The van der Waals surface area contributed by atoms with Crippen LogP contribution >= 0.6 is 0 Å². The lowest BCUT2D eigenvalue weighted by molar-refractivity contribution is 0.420. The highest BCUT2D eigenvalue weighted by Crippen LogP contribution is 2.45. The molecule has 0 radical (unpaired) electrons. The summed E-state index contributed by atoms with van der Waals surface area (Å²) in [4.78, 5) is 4.34. The second-order valence-corrected chi connectivity index (χ2v) is 4.43. The molecule has 0 amide bonds. The Morgan fingerprint density at radius 3 is 3.12 bits per heavy atom. The van der Waals surface area contributed by atoms with Gasteiger partial charge in [0.1, 0.15) is 0 Å². The van der Waals surface area contributed by atoms with Crippen molar-refractivity contribution in [1.82, 2.24) is 25.1 Å². The lowest BCUT2D eigenvalue weighted by Gasteiger charge is -1.91. The predicted octanol–water partition coefficient (Wildman–Crippen LogP) is 0.410. The summed E-state index contributed by atoms with van der Waals surface area (Å²) in [6.07, 6.45) is 2.90. The maximum Gasteiger partial charge on any atom is 0.280 e. The largest absolute Gasteiger partial charge is 0.332 e. The highest BCUT2D eigenvalue weighted by Gasteiger charge is 2.38. The van der Waals surface area contributed by atoms with E-state index in [-0.39, 0.29) is 0 Å². The van der Waals surface area contributed by atoms with Gasteiger partial charge in [0.2, 0.25) is 0 Å². The van der Waals surface area contributed by atoms with E-state index in [0.29, 0.717) is 36.5 Å². The molecule has 0 bridgehead atoms. The Morgan fingerprint density at radius 1 is 1.59 bits per heavy atom. The van der Waals surface area contributed by atoms with E-state index in [1.165, 1.54) is 0 Å². The van der Waals surface area contributed by atoms with Gasteiger partial charge in [0.15, 0.2) is 11.5 Å². The summed E-state index contributed by atoms with van der Waals surface area (Å²) in [5.41, 5.74) is 6.04. The van der Waals surface area contributed by atoms with Crippen molar-refractivity contribution in [2.45, 2.75) is 25.8 Å². The van der Waals surface area contributed by atoms with Crippen LogP contribution in [-0.4, -0.2) is 31.7 Å². The van der Waals surface area contributed by atoms with E-state index in [2.05, 4.69) is 27.4 Å². The molecule has 1 fully saturated rings. The molecule has 2 N–H and O–H groups in total. The zero-order valence-electron chi connectivity index (χ0n) is 9.58. The molecule has 2 heterocycles. The summed E-state index contributed by atoms with van der Waals surface area (Å²) in [6.45, 7) is 3.34. The molecule has 3 rings (SSSR count). The topological polar surface area (TPSA) is 95.7 Å². The Hall–Kier alpha value is -1.76. The minimum absolute atomic E-state index is 0.433. The number of nitrogens with zero attached hydrogens (tertiary/aromatic N) is 5. The first kappa shape index (κ1) is 10.4. The zero-order chi connectivity index (χ0) is 11.8.